The van der Waals surface area contributed by atoms with Gasteiger partial charge in [-0.25, -0.2) is 0 Å². The van der Waals surface area contributed by atoms with E-state index >= 15 is 0 Å². The molecule has 2 N–H and O–H groups in total. The van der Waals surface area contributed by atoms with Crippen molar-refractivity contribution in [3.8, 4) is 0 Å². The molecule has 2 atom stereocenters. The quantitative estimate of drug-likeness (QED) is 0.584. The van der Waals surface area contributed by atoms with Crippen molar-refractivity contribution in [2.24, 2.45) is 0 Å². The van der Waals surface area contributed by atoms with Crippen LogP contribution in [0.2, 0.25) is 0 Å². The third kappa shape index (κ3) is 2.93. The molecule has 0 radical (unpaired) electrons. The number of rotatable bonds is 0. The van der Waals surface area contributed by atoms with Gasteiger partial charge in [-0.3, -0.25) is 4.90 Å². The normalized spacial score (nSPS) is 33.0. The lowest BCUT2D eigenvalue weighted by Gasteiger charge is -2.34. The van der Waals surface area contributed by atoms with Gasteiger partial charge in [-0.15, -0.1) is 0 Å². The molecule has 1 saturated heterocycles. The first-order valence-electron chi connectivity index (χ1n) is 5.02. The van der Waals surface area contributed by atoms with E-state index in [0.717, 1.165) is 13.1 Å². The Labute approximate surface area is 80.4 Å². The van der Waals surface area contributed by atoms with Crippen LogP contribution in [-0.2, 0) is 0 Å². The third-order valence-corrected chi connectivity index (χ3v) is 2.78. The van der Waals surface area contributed by atoms with Gasteiger partial charge in [-0.2, -0.15) is 0 Å². The summed E-state index contributed by atoms with van der Waals surface area (Å²) in [6.07, 6.45) is 0.288. The van der Waals surface area contributed by atoms with Crippen molar-refractivity contribution in [1.82, 2.24) is 4.90 Å². The number of hydrogen-bond donors (Lipinski definition) is 2. The first kappa shape index (κ1) is 11.0. The van der Waals surface area contributed by atoms with E-state index in [0.29, 0.717) is 12.8 Å². The second kappa shape index (κ2) is 3.95. The molecule has 1 fully saturated rings. The van der Waals surface area contributed by atoms with Crippen molar-refractivity contribution in [2.75, 3.05) is 13.1 Å². The highest BCUT2D eigenvalue weighted by Crippen LogP contribution is 2.19. The molecule has 0 amide bonds. The first-order chi connectivity index (χ1) is 5.91. The zero-order valence-corrected chi connectivity index (χ0v) is 8.82. The third-order valence-electron chi connectivity index (χ3n) is 2.78. The molecular weight excluding hydrogens is 166 g/mol. The molecule has 0 aliphatic carbocycles. The number of nitrogens with zero attached hydrogens (tertiary/aromatic N) is 1. The van der Waals surface area contributed by atoms with Gasteiger partial charge >= 0.3 is 0 Å². The lowest BCUT2D eigenvalue weighted by atomic mass is 10.1. The Morgan fingerprint density at radius 1 is 1.00 bits per heavy atom. The Bertz CT molecular complexity index is 153. The standard InChI is InChI=1S/C10H21NO2/c1-10(2,3)11-6-4-8(12)9(13)5-7-11/h8-9,12-13H,4-7H2,1-3H3. The number of likely N-dealkylation sites (tertiary alicyclic amines) is 1. The number of aliphatic hydroxyl groups is 2. The zero-order chi connectivity index (χ0) is 10.1. The maximum absolute atomic E-state index is 9.46. The highest BCUT2D eigenvalue weighted by Gasteiger charge is 2.28. The average Bonchev–Trinajstić information content (AvgIpc) is 2.14. The van der Waals surface area contributed by atoms with Crippen molar-refractivity contribution in [3.05, 3.63) is 0 Å². The Morgan fingerprint density at radius 2 is 1.38 bits per heavy atom. The van der Waals surface area contributed by atoms with Gasteiger partial charge in [-0.05, 0) is 33.6 Å². The van der Waals surface area contributed by atoms with E-state index in [1.807, 2.05) is 0 Å². The average molecular weight is 187 g/mol. The van der Waals surface area contributed by atoms with Crippen LogP contribution in [0.5, 0.6) is 0 Å². The van der Waals surface area contributed by atoms with E-state index in [1.165, 1.54) is 0 Å². The molecule has 0 aromatic rings. The van der Waals surface area contributed by atoms with Gasteiger partial charge < -0.3 is 10.2 Å². The summed E-state index contributed by atoms with van der Waals surface area (Å²) < 4.78 is 0. The van der Waals surface area contributed by atoms with Gasteiger partial charge in [0.2, 0.25) is 0 Å². The SMILES string of the molecule is CC(C)(C)N1CCC(O)C(O)CC1. The maximum atomic E-state index is 9.46. The summed E-state index contributed by atoms with van der Waals surface area (Å²) in [4.78, 5) is 2.31. The summed E-state index contributed by atoms with van der Waals surface area (Å²) in [6, 6.07) is 0. The van der Waals surface area contributed by atoms with Crippen LogP contribution in [0.15, 0.2) is 0 Å². The van der Waals surface area contributed by atoms with Crippen LogP contribution in [0.4, 0.5) is 0 Å². The Hall–Kier alpha value is -0.120. The van der Waals surface area contributed by atoms with Gasteiger partial charge in [0.1, 0.15) is 0 Å². The second-order valence-corrected chi connectivity index (χ2v) is 4.87. The summed E-state index contributed by atoms with van der Waals surface area (Å²) >= 11 is 0. The fourth-order valence-corrected chi connectivity index (χ4v) is 1.74. The fraction of sp³-hybridized carbons (Fsp3) is 1.00. The molecule has 1 heterocycles. The number of hydrogen-bond acceptors (Lipinski definition) is 3. The molecule has 3 nitrogen and oxygen atoms in total. The molecule has 0 aromatic carbocycles. The van der Waals surface area contributed by atoms with Gasteiger partial charge in [0, 0.05) is 18.6 Å². The fourth-order valence-electron chi connectivity index (χ4n) is 1.74. The van der Waals surface area contributed by atoms with Crippen LogP contribution in [0, 0.1) is 0 Å². The largest absolute Gasteiger partial charge is 0.390 e. The molecule has 0 bridgehead atoms. The van der Waals surface area contributed by atoms with Crippen molar-refractivity contribution in [2.45, 2.75) is 51.4 Å². The second-order valence-electron chi connectivity index (χ2n) is 4.87. The molecular formula is C10H21NO2. The smallest absolute Gasteiger partial charge is 0.0811 e. The minimum atomic E-state index is -0.535. The van der Waals surface area contributed by atoms with Crippen LogP contribution >= 0.6 is 0 Å². The first-order valence-corrected chi connectivity index (χ1v) is 5.02. The van der Waals surface area contributed by atoms with E-state index in [-0.39, 0.29) is 5.54 Å². The molecule has 3 heteroatoms. The highest BCUT2D eigenvalue weighted by molar-refractivity contribution is 4.82. The summed E-state index contributed by atoms with van der Waals surface area (Å²) in [7, 11) is 0. The lowest BCUT2D eigenvalue weighted by Crippen LogP contribution is -2.42. The predicted molar refractivity (Wildman–Crippen MR) is 52.6 cm³/mol. The molecule has 0 spiro atoms. The molecule has 0 aromatic heterocycles. The summed E-state index contributed by atoms with van der Waals surface area (Å²) in [6.45, 7) is 8.24. The van der Waals surface area contributed by atoms with Crippen molar-refractivity contribution >= 4 is 0 Å². The van der Waals surface area contributed by atoms with Gasteiger partial charge in [0.05, 0.1) is 12.2 Å². The van der Waals surface area contributed by atoms with Crippen molar-refractivity contribution in [1.29, 1.82) is 0 Å². The minimum absolute atomic E-state index is 0.143. The van der Waals surface area contributed by atoms with Gasteiger partial charge in [-0.1, -0.05) is 0 Å². The molecule has 1 aliphatic rings. The summed E-state index contributed by atoms with van der Waals surface area (Å²) in [5.74, 6) is 0. The van der Waals surface area contributed by atoms with Crippen molar-refractivity contribution < 1.29 is 10.2 Å². The molecule has 0 saturated carbocycles. The van der Waals surface area contributed by atoms with Crippen molar-refractivity contribution in [3.63, 3.8) is 0 Å². The van der Waals surface area contributed by atoms with Crippen LogP contribution in [0.3, 0.4) is 0 Å². The van der Waals surface area contributed by atoms with Crippen LogP contribution in [-0.4, -0.2) is 45.9 Å². The van der Waals surface area contributed by atoms with E-state index in [9.17, 15) is 10.2 Å². The number of aliphatic hydroxyl groups excluding tert-OH is 2. The molecule has 1 aliphatic heterocycles. The maximum Gasteiger partial charge on any atom is 0.0811 e. The molecule has 78 valence electrons. The van der Waals surface area contributed by atoms with E-state index in [1.54, 1.807) is 0 Å². The Morgan fingerprint density at radius 3 is 1.69 bits per heavy atom. The van der Waals surface area contributed by atoms with E-state index < -0.39 is 12.2 Å². The minimum Gasteiger partial charge on any atom is -0.390 e. The summed E-state index contributed by atoms with van der Waals surface area (Å²) in [5, 5.41) is 18.9. The van der Waals surface area contributed by atoms with Gasteiger partial charge in [0.25, 0.3) is 0 Å². The molecule has 13 heavy (non-hydrogen) atoms. The van der Waals surface area contributed by atoms with Crippen LogP contribution in [0.25, 0.3) is 0 Å². The Kier molecular flexibility index (Phi) is 3.33. The molecule has 2 unspecified atom stereocenters. The topological polar surface area (TPSA) is 43.7 Å². The zero-order valence-electron chi connectivity index (χ0n) is 8.82. The lowest BCUT2D eigenvalue weighted by molar-refractivity contribution is 0.0187. The highest BCUT2D eigenvalue weighted by atomic mass is 16.3. The van der Waals surface area contributed by atoms with Crippen LogP contribution < -0.4 is 0 Å². The van der Waals surface area contributed by atoms with E-state index in [2.05, 4.69) is 25.7 Å². The van der Waals surface area contributed by atoms with Crippen LogP contribution in [0.1, 0.15) is 33.6 Å². The Balaban J connectivity index is 2.54. The van der Waals surface area contributed by atoms with E-state index in [4.69, 9.17) is 0 Å². The molecule has 1 rings (SSSR count). The summed E-state index contributed by atoms with van der Waals surface area (Å²) in [5.41, 5.74) is 0.143. The monoisotopic (exact) mass is 187 g/mol. The predicted octanol–water partition coefficient (Wildman–Crippen LogP) is 0.603. The van der Waals surface area contributed by atoms with Gasteiger partial charge in [0.15, 0.2) is 0 Å².